The smallest absolute Gasteiger partial charge is 0.237 e. The Balaban J connectivity index is 2.46. The maximum absolute atomic E-state index is 12.0. The van der Waals surface area contributed by atoms with Crippen molar-refractivity contribution < 1.29 is 9.53 Å². The first-order valence-electron chi connectivity index (χ1n) is 7.69. The summed E-state index contributed by atoms with van der Waals surface area (Å²) in [6.07, 6.45) is 3.20. The molecule has 1 aliphatic rings. The van der Waals surface area contributed by atoms with Crippen molar-refractivity contribution in [3.63, 3.8) is 0 Å². The largest absolute Gasteiger partial charge is 0.373 e. The molecule has 3 N–H and O–H groups in total. The fraction of sp³-hybridized carbons (Fsp3) is 0.933. The van der Waals surface area contributed by atoms with Gasteiger partial charge in [-0.15, -0.1) is 0 Å². The van der Waals surface area contributed by atoms with E-state index in [0.29, 0.717) is 6.54 Å². The lowest BCUT2D eigenvalue weighted by atomic mass is 10.00. The number of carbonyl (C=O) groups is 1. The van der Waals surface area contributed by atoms with Crippen molar-refractivity contribution in [1.82, 2.24) is 10.2 Å². The SMILES string of the molecule is CSCCC(N)C(=O)NCC(C)(C)N1CC(C)OC(C)C1. The lowest BCUT2D eigenvalue weighted by molar-refractivity contribution is -0.124. The van der Waals surface area contributed by atoms with Crippen LogP contribution in [0, 0.1) is 0 Å². The minimum absolute atomic E-state index is 0.0496. The summed E-state index contributed by atoms with van der Waals surface area (Å²) in [4.78, 5) is 14.4. The van der Waals surface area contributed by atoms with Crippen LogP contribution < -0.4 is 11.1 Å². The molecule has 124 valence electrons. The van der Waals surface area contributed by atoms with Gasteiger partial charge >= 0.3 is 0 Å². The van der Waals surface area contributed by atoms with Crippen molar-refractivity contribution in [2.24, 2.45) is 5.73 Å². The van der Waals surface area contributed by atoms with Gasteiger partial charge in [-0.2, -0.15) is 11.8 Å². The highest BCUT2D eigenvalue weighted by molar-refractivity contribution is 7.98. The lowest BCUT2D eigenvalue weighted by Crippen LogP contribution is -2.59. The molecule has 3 atom stereocenters. The third-order valence-electron chi connectivity index (χ3n) is 3.94. The van der Waals surface area contributed by atoms with Crippen molar-refractivity contribution in [2.45, 2.75) is 57.9 Å². The Morgan fingerprint density at radius 1 is 1.43 bits per heavy atom. The van der Waals surface area contributed by atoms with Gasteiger partial charge in [-0.3, -0.25) is 9.69 Å². The van der Waals surface area contributed by atoms with Crippen molar-refractivity contribution in [2.75, 3.05) is 31.6 Å². The zero-order valence-electron chi connectivity index (χ0n) is 14.0. The van der Waals surface area contributed by atoms with Crippen molar-refractivity contribution in [3.05, 3.63) is 0 Å². The van der Waals surface area contributed by atoms with Gasteiger partial charge in [0.05, 0.1) is 18.2 Å². The maximum atomic E-state index is 12.0. The van der Waals surface area contributed by atoms with E-state index in [0.717, 1.165) is 25.3 Å². The molecular weight excluding hydrogens is 286 g/mol. The van der Waals surface area contributed by atoms with Gasteiger partial charge in [0.25, 0.3) is 0 Å². The van der Waals surface area contributed by atoms with Crippen LogP contribution in [0.4, 0.5) is 0 Å². The number of nitrogens with one attached hydrogen (secondary N) is 1. The molecule has 1 saturated heterocycles. The van der Waals surface area contributed by atoms with E-state index in [2.05, 4.69) is 37.9 Å². The average molecular weight is 317 g/mol. The first kappa shape index (κ1) is 18.7. The van der Waals surface area contributed by atoms with Crippen LogP contribution in [0.2, 0.25) is 0 Å². The molecule has 0 bridgehead atoms. The summed E-state index contributed by atoms with van der Waals surface area (Å²) >= 11 is 1.71. The Hall–Kier alpha value is -0.300. The molecule has 0 aromatic rings. The molecule has 1 amide bonds. The summed E-state index contributed by atoms with van der Waals surface area (Å²) in [5.74, 6) is 0.864. The maximum Gasteiger partial charge on any atom is 0.237 e. The molecule has 6 heteroatoms. The van der Waals surface area contributed by atoms with Gasteiger partial charge in [0.1, 0.15) is 0 Å². The number of nitrogens with zero attached hydrogens (tertiary/aromatic N) is 1. The fourth-order valence-electron chi connectivity index (χ4n) is 2.59. The fourth-order valence-corrected chi connectivity index (χ4v) is 3.08. The number of morpholine rings is 1. The highest BCUT2D eigenvalue weighted by Crippen LogP contribution is 2.20. The number of hydrogen-bond donors (Lipinski definition) is 2. The van der Waals surface area contributed by atoms with Crippen LogP contribution in [0.5, 0.6) is 0 Å². The number of hydrogen-bond acceptors (Lipinski definition) is 5. The third-order valence-corrected chi connectivity index (χ3v) is 4.58. The normalized spacial score (nSPS) is 25.6. The van der Waals surface area contributed by atoms with Crippen molar-refractivity contribution >= 4 is 17.7 Å². The van der Waals surface area contributed by atoms with E-state index in [1.807, 2.05) is 6.26 Å². The van der Waals surface area contributed by atoms with E-state index in [-0.39, 0.29) is 23.7 Å². The molecule has 0 saturated carbocycles. The average Bonchev–Trinajstić information content (AvgIpc) is 2.41. The third kappa shape index (κ3) is 6.14. The highest BCUT2D eigenvalue weighted by Gasteiger charge is 2.33. The number of carbonyl (C=O) groups excluding carboxylic acids is 1. The Morgan fingerprint density at radius 3 is 2.52 bits per heavy atom. The van der Waals surface area contributed by atoms with Crippen LogP contribution in [0.1, 0.15) is 34.1 Å². The van der Waals surface area contributed by atoms with Crippen LogP contribution in [0.3, 0.4) is 0 Å². The molecule has 1 fully saturated rings. The Labute approximate surface area is 133 Å². The number of rotatable bonds is 7. The van der Waals surface area contributed by atoms with E-state index in [4.69, 9.17) is 10.5 Å². The predicted molar refractivity (Wildman–Crippen MR) is 89.6 cm³/mol. The van der Waals surface area contributed by atoms with Gasteiger partial charge in [-0.1, -0.05) is 0 Å². The Kier molecular flexibility index (Phi) is 7.47. The van der Waals surface area contributed by atoms with E-state index in [9.17, 15) is 4.79 Å². The molecule has 0 radical (unpaired) electrons. The Morgan fingerprint density at radius 2 is 2.00 bits per heavy atom. The quantitative estimate of drug-likeness (QED) is 0.735. The number of amides is 1. The van der Waals surface area contributed by atoms with Crippen LogP contribution in [-0.4, -0.2) is 66.2 Å². The first-order chi connectivity index (χ1) is 9.76. The van der Waals surface area contributed by atoms with Gasteiger partial charge in [0, 0.05) is 25.2 Å². The predicted octanol–water partition coefficient (Wildman–Crippen LogP) is 1.07. The minimum atomic E-state index is -0.407. The van der Waals surface area contributed by atoms with Crippen LogP contribution >= 0.6 is 11.8 Å². The van der Waals surface area contributed by atoms with Crippen LogP contribution in [0.25, 0.3) is 0 Å². The molecule has 1 heterocycles. The second kappa shape index (κ2) is 8.36. The second-order valence-corrected chi connectivity index (χ2v) is 7.57. The van der Waals surface area contributed by atoms with E-state index < -0.39 is 6.04 Å². The zero-order valence-corrected chi connectivity index (χ0v) is 14.8. The summed E-state index contributed by atoms with van der Waals surface area (Å²) in [6.45, 7) is 10.9. The summed E-state index contributed by atoms with van der Waals surface area (Å²) in [5.41, 5.74) is 5.80. The van der Waals surface area contributed by atoms with Crippen molar-refractivity contribution in [1.29, 1.82) is 0 Å². The minimum Gasteiger partial charge on any atom is -0.373 e. The summed E-state index contributed by atoms with van der Waals surface area (Å²) in [7, 11) is 0. The second-order valence-electron chi connectivity index (χ2n) is 6.58. The molecule has 5 nitrogen and oxygen atoms in total. The van der Waals surface area contributed by atoms with Gasteiger partial charge in [0.15, 0.2) is 0 Å². The summed E-state index contributed by atoms with van der Waals surface area (Å²) in [5, 5.41) is 3.00. The van der Waals surface area contributed by atoms with E-state index >= 15 is 0 Å². The topological polar surface area (TPSA) is 67.6 Å². The van der Waals surface area contributed by atoms with Gasteiger partial charge in [0.2, 0.25) is 5.91 Å². The van der Waals surface area contributed by atoms with E-state index in [1.54, 1.807) is 11.8 Å². The first-order valence-corrected chi connectivity index (χ1v) is 9.08. The molecule has 0 aromatic heterocycles. The summed E-state index contributed by atoms with van der Waals surface area (Å²) in [6, 6.07) is -0.407. The molecule has 0 aromatic carbocycles. The number of nitrogens with two attached hydrogens (primary N) is 1. The van der Waals surface area contributed by atoms with Crippen LogP contribution in [-0.2, 0) is 9.53 Å². The zero-order chi connectivity index (χ0) is 16.0. The molecular formula is C15H31N3O2S. The summed E-state index contributed by atoms with van der Waals surface area (Å²) < 4.78 is 5.77. The number of thioether (sulfide) groups is 1. The molecule has 3 unspecified atom stereocenters. The highest BCUT2D eigenvalue weighted by atomic mass is 32.2. The molecule has 1 aliphatic heterocycles. The van der Waals surface area contributed by atoms with Gasteiger partial charge in [-0.05, 0) is 46.1 Å². The monoisotopic (exact) mass is 317 g/mol. The Bertz CT molecular complexity index is 329. The van der Waals surface area contributed by atoms with Gasteiger partial charge < -0.3 is 15.8 Å². The molecule has 1 rings (SSSR count). The van der Waals surface area contributed by atoms with Crippen LogP contribution in [0.15, 0.2) is 0 Å². The lowest BCUT2D eigenvalue weighted by Gasteiger charge is -2.45. The molecule has 21 heavy (non-hydrogen) atoms. The van der Waals surface area contributed by atoms with Gasteiger partial charge in [-0.25, -0.2) is 0 Å². The van der Waals surface area contributed by atoms with E-state index in [1.165, 1.54) is 0 Å². The number of ether oxygens (including phenoxy) is 1. The molecule has 0 spiro atoms. The van der Waals surface area contributed by atoms with Crippen molar-refractivity contribution in [3.8, 4) is 0 Å². The standard InChI is InChI=1S/C15H31N3O2S/c1-11-8-18(9-12(2)20-11)15(3,4)10-17-14(19)13(16)6-7-21-5/h11-13H,6-10,16H2,1-5H3,(H,17,19). The molecule has 0 aliphatic carbocycles.